The van der Waals surface area contributed by atoms with Crippen molar-refractivity contribution >= 4 is 35.1 Å². The first-order valence-electron chi connectivity index (χ1n) is 11.3. The monoisotopic (exact) mass is 507 g/mol. The Balaban J connectivity index is 2.09. The summed E-state index contributed by atoms with van der Waals surface area (Å²) in [6.45, 7) is 6.98. The largest absolute Gasteiger partial charge is 0.460 e. The van der Waals surface area contributed by atoms with Crippen LogP contribution in [0, 0.1) is 0 Å². The van der Waals surface area contributed by atoms with Crippen LogP contribution in [-0.2, 0) is 19.1 Å². The van der Waals surface area contributed by atoms with Crippen molar-refractivity contribution in [3.8, 4) is 0 Å². The molecule has 2 aromatic carbocycles. The molecule has 1 aliphatic heterocycles. The number of carbonyl (C=O) groups excluding carboxylic acids is 2. The molecule has 0 unspecified atom stereocenters. The Hall–Kier alpha value is -2.12. The molecular formula is C26H31Cl2NO5. The fraction of sp³-hybridized carbons (Fsp3) is 0.462. The topological polar surface area (TPSA) is 76.1 Å². The highest BCUT2D eigenvalue weighted by Crippen LogP contribution is 2.44. The van der Waals surface area contributed by atoms with Gasteiger partial charge in [-0.15, -0.1) is 0 Å². The third-order valence-electron chi connectivity index (χ3n) is 5.66. The number of halogens is 2. The van der Waals surface area contributed by atoms with Gasteiger partial charge in [0.1, 0.15) is 17.8 Å². The Bertz CT molecular complexity index is 1000. The van der Waals surface area contributed by atoms with E-state index in [2.05, 4.69) is 0 Å². The average Bonchev–Trinajstić information content (AvgIpc) is 2.76. The van der Waals surface area contributed by atoms with E-state index in [-0.39, 0.29) is 18.9 Å². The second-order valence-electron chi connectivity index (χ2n) is 9.38. The zero-order chi connectivity index (χ0) is 25.0. The van der Waals surface area contributed by atoms with Gasteiger partial charge in [-0.3, -0.25) is 9.59 Å². The van der Waals surface area contributed by atoms with Crippen LogP contribution < -0.4 is 0 Å². The van der Waals surface area contributed by atoms with Crippen molar-refractivity contribution in [2.45, 2.75) is 70.4 Å². The maximum atomic E-state index is 13.7. The van der Waals surface area contributed by atoms with Crippen molar-refractivity contribution in [1.29, 1.82) is 0 Å². The molecule has 1 fully saturated rings. The number of benzene rings is 2. The summed E-state index contributed by atoms with van der Waals surface area (Å²) in [5.41, 5.74) is 0.862. The SMILES string of the molecule is CC[C@@H](CO)N1C(=O)[C@H](CC(=O)OC(C)(C)C)O[C@@H](c2cccc(Cl)c2)[C@H]1c1ccc(Cl)cc1. The number of esters is 1. The molecule has 3 rings (SSSR count). The fourth-order valence-corrected chi connectivity index (χ4v) is 4.51. The number of morpholine rings is 1. The summed E-state index contributed by atoms with van der Waals surface area (Å²) in [6, 6.07) is 13.4. The van der Waals surface area contributed by atoms with E-state index >= 15 is 0 Å². The van der Waals surface area contributed by atoms with Gasteiger partial charge in [-0.2, -0.15) is 0 Å². The van der Waals surface area contributed by atoms with Crippen LogP contribution in [0.1, 0.15) is 63.8 Å². The van der Waals surface area contributed by atoms with Crippen molar-refractivity contribution in [3.63, 3.8) is 0 Å². The number of hydrogen-bond acceptors (Lipinski definition) is 5. The smallest absolute Gasteiger partial charge is 0.309 e. The Morgan fingerprint density at radius 2 is 1.79 bits per heavy atom. The minimum absolute atomic E-state index is 0.228. The molecule has 0 aromatic heterocycles. The first-order chi connectivity index (χ1) is 16.0. The molecule has 34 heavy (non-hydrogen) atoms. The molecule has 0 bridgehead atoms. The van der Waals surface area contributed by atoms with Crippen LogP contribution in [0.2, 0.25) is 10.0 Å². The minimum atomic E-state index is -1.07. The molecule has 1 aliphatic rings. The summed E-state index contributed by atoms with van der Waals surface area (Å²) < 4.78 is 11.8. The van der Waals surface area contributed by atoms with Gasteiger partial charge >= 0.3 is 5.97 Å². The van der Waals surface area contributed by atoms with Crippen LogP contribution in [0.4, 0.5) is 0 Å². The molecule has 6 nitrogen and oxygen atoms in total. The molecular weight excluding hydrogens is 477 g/mol. The molecule has 1 saturated heterocycles. The second kappa shape index (κ2) is 11.1. The Morgan fingerprint density at radius 3 is 2.35 bits per heavy atom. The van der Waals surface area contributed by atoms with Crippen LogP contribution >= 0.6 is 23.2 Å². The van der Waals surface area contributed by atoms with Crippen LogP contribution in [0.3, 0.4) is 0 Å². The van der Waals surface area contributed by atoms with Gasteiger partial charge in [-0.1, -0.05) is 54.4 Å². The van der Waals surface area contributed by atoms with Gasteiger partial charge in [0.2, 0.25) is 0 Å². The molecule has 1 N–H and O–H groups in total. The standard InChI is InChI=1S/C26H31Cl2NO5/c1-5-20(15-30)29-23(16-9-11-18(27)12-10-16)24(17-7-6-8-19(28)13-17)33-21(25(29)32)14-22(31)34-26(2,3)4/h6-13,20-21,23-24,30H,5,14-15H2,1-4H3/t20-,21-,23+,24-/m0/s1. The lowest BCUT2D eigenvalue weighted by molar-refractivity contribution is -0.188. The summed E-state index contributed by atoms with van der Waals surface area (Å²) in [6.07, 6.45) is -1.42. The lowest BCUT2D eigenvalue weighted by Gasteiger charge is -2.47. The normalized spacial score (nSPS) is 21.9. The zero-order valence-electron chi connectivity index (χ0n) is 19.8. The van der Waals surface area contributed by atoms with Crippen LogP contribution in [0.15, 0.2) is 48.5 Å². The maximum Gasteiger partial charge on any atom is 0.309 e. The van der Waals surface area contributed by atoms with Gasteiger partial charge in [0.05, 0.1) is 25.1 Å². The molecule has 4 atom stereocenters. The molecule has 8 heteroatoms. The summed E-state index contributed by atoms with van der Waals surface area (Å²) in [4.78, 5) is 28.0. The first kappa shape index (κ1) is 26.5. The molecule has 0 spiro atoms. The summed E-state index contributed by atoms with van der Waals surface area (Å²) in [5, 5.41) is 11.2. The highest BCUT2D eigenvalue weighted by molar-refractivity contribution is 6.30. The molecule has 0 radical (unpaired) electrons. The van der Waals surface area contributed by atoms with Gasteiger partial charge in [-0.25, -0.2) is 0 Å². The second-order valence-corrected chi connectivity index (χ2v) is 10.3. The summed E-state index contributed by atoms with van der Waals surface area (Å²) in [5.74, 6) is -0.900. The zero-order valence-corrected chi connectivity index (χ0v) is 21.3. The highest BCUT2D eigenvalue weighted by atomic mass is 35.5. The van der Waals surface area contributed by atoms with Crippen LogP contribution in [0.5, 0.6) is 0 Å². The van der Waals surface area contributed by atoms with Crippen molar-refractivity contribution < 1.29 is 24.2 Å². The van der Waals surface area contributed by atoms with Crippen LogP contribution in [0.25, 0.3) is 0 Å². The van der Waals surface area contributed by atoms with E-state index in [9.17, 15) is 14.7 Å². The number of amides is 1. The number of aliphatic hydroxyl groups excluding tert-OH is 1. The van der Waals surface area contributed by atoms with Crippen molar-refractivity contribution in [1.82, 2.24) is 4.90 Å². The van der Waals surface area contributed by atoms with E-state index in [0.29, 0.717) is 16.5 Å². The quantitative estimate of drug-likeness (QED) is 0.500. The molecule has 0 saturated carbocycles. The van der Waals surface area contributed by atoms with Gasteiger partial charge in [0.25, 0.3) is 5.91 Å². The van der Waals surface area contributed by atoms with E-state index < -0.39 is 35.9 Å². The van der Waals surface area contributed by atoms with E-state index in [0.717, 1.165) is 11.1 Å². The Morgan fingerprint density at radius 1 is 1.12 bits per heavy atom. The van der Waals surface area contributed by atoms with E-state index in [4.69, 9.17) is 32.7 Å². The number of ether oxygens (including phenoxy) is 2. The lowest BCUT2D eigenvalue weighted by atomic mass is 9.89. The predicted octanol–water partition coefficient (Wildman–Crippen LogP) is 5.51. The number of nitrogens with zero attached hydrogens (tertiary/aromatic N) is 1. The number of aliphatic hydroxyl groups is 1. The Labute approximate surface area is 210 Å². The van der Waals surface area contributed by atoms with Gasteiger partial charge in [0.15, 0.2) is 0 Å². The average molecular weight is 508 g/mol. The maximum absolute atomic E-state index is 13.7. The third kappa shape index (κ3) is 6.30. The fourth-order valence-electron chi connectivity index (χ4n) is 4.19. The lowest BCUT2D eigenvalue weighted by Crippen LogP contribution is -2.56. The number of carbonyl (C=O) groups is 2. The first-order valence-corrected chi connectivity index (χ1v) is 12.1. The summed E-state index contributed by atoms with van der Waals surface area (Å²) >= 11 is 12.4. The Kier molecular flexibility index (Phi) is 8.63. The van der Waals surface area contributed by atoms with E-state index in [1.807, 2.05) is 31.2 Å². The third-order valence-corrected chi connectivity index (χ3v) is 6.15. The van der Waals surface area contributed by atoms with Crippen molar-refractivity contribution in [3.05, 3.63) is 69.7 Å². The van der Waals surface area contributed by atoms with Crippen molar-refractivity contribution in [2.24, 2.45) is 0 Å². The van der Waals surface area contributed by atoms with E-state index in [1.54, 1.807) is 49.9 Å². The molecule has 1 heterocycles. The predicted molar refractivity (Wildman–Crippen MR) is 132 cm³/mol. The highest BCUT2D eigenvalue weighted by Gasteiger charge is 2.47. The molecule has 1 amide bonds. The molecule has 2 aromatic rings. The molecule has 0 aliphatic carbocycles. The molecule has 184 valence electrons. The number of rotatable bonds is 7. The minimum Gasteiger partial charge on any atom is -0.460 e. The van der Waals surface area contributed by atoms with Gasteiger partial charge in [0, 0.05) is 10.0 Å². The van der Waals surface area contributed by atoms with Crippen LogP contribution in [-0.4, -0.2) is 46.2 Å². The van der Waals surface area contributed by atoms with Crippen molar-refractivity contribution in [2.75, 3.05) is 6.61 Å². The van der Waals surface area contributed by atoms with Gasteiger partial charge < -0.3 is 19.5 Å². The number of hydrogen-bond donors (Lipinski definition) is 1. The van der Waals surface area contributed by atoms with Gasteiger partial charge in [-0.05, 0) is 62.6 Å². The van der Waals surface area contributed by atoms with E-state index in [1.165, 1.54) is 0 Å². The summed E-state index contributed by atoms with van der Waals surface area (Å²) in [7, 11) is 0.